The van der Waals surface area contributed by atoms with Gasteiger partial charge in [-0.2, -0.15) is 0 Å². The molecule has 0 rings (SSSR count). The summed E-state index contributed by atoms with van der Waals surface area (Å²) in [4.78, 5) is 0. The van der Waals surface area contributed by atoms with Crippen LogP contribution < -0.4 is 0 Å². The zero-order valence-electron chi connectivity index (χ0n) is 3.82. The summed E-state index contributed by atoms with van der Waals surface area (Å²) >= 11 is 5.17. The molecule has 0 amide bonds. The Balaban J connectivity index is 2.66. The van der Waals surface area contributed by atoms with Crippen molar-refractivity contribution in [1.29, 1.82) is 0 Å². The van der Waals surface area contributed by atoms with Crippen molar-refractivity contribution in [2.45, 2.75) is 13.3 Å². The summed E-state index contributed by atoms with van der Waals surface area (Å²) in [6.07, 6.45) is 4.87. The molecule has 0 atom stereocenters. The minimum atomic E-state index is 1.06. The fraction of sp³-hybridized carbons (Fsp3) is 0.400. The number of allylic oxidation sites excluding steroid dienone is 1. The maximum absolute atomic E-state index is 5.17. The lowest BCUT2D eigenvalue weighted by Gasteiger charge is -1.74. The third-order valence-corrected chi connectivity index (χ3v) is 0.590. The highest BCUT2D eigenvalue weighted by Gasteiger charge is 1.66. The summed E-state index contributed by atoms with van der Waals surface area (Å²) in [5.74, 6) is 0. The van der Waals surface area contributed by atoms with Gasteiger partial charge in [-0.3, -0.25) is 0 Å². The third-order valence-electron chi connectivity index (χ3n) is 0.445. The molecule has 0 nitrogen and oxygen atoms in total. The number of hydrogen-bond donors (Lipinski definition) is 0. The van der Waals surface area contributed by atoms with Gasteiger partial charge in [-0.15, -0.1) is 0 Å². The SMILES string of the molecule is CC[CH]/C=C/Cl. The summed E-state index contributed by atoms with van der Waals surface area (Å²) in [5.41, 5.74) is 1.50. The Labute approximate surface area is 43.8 Å². The second-order valence-electron chi connectivity index (χ2n) is 0.962. The highest BCUT2D eigenvalue weighted by Crippen LogP contribution is 1.86. The lowest BCUT2D eigenvalue weighted by atomic mass is 10.3. The van der Waals surface area contributed by atoms with Crippen LogP contribution in [0.1, 0.15) is 13.3 Å². The van der Waals surface area contributed by atoms with Gasteiger partial charge in [0.05, 0.1) is 0 Å². The van der Waals surface area contributed by atoms with Crippen molar-refractivity contribution in [2.75, 3.05) is 0 Å². The largest absolute Gasteiger partial charge is 0.0933 e. The zero-order valence-corrected chi connectivity index (χ0v) is 4.57. The molecule has 0 spiro atoms. The highest BCUT2D eigenvalue weighted by molar-refractivity contribution is 6.25. The second-order valence-corrected chi connectivity index (χ2v) is 1.21. The summed E-state index contributed by atoms with van der Waals surface area (Å²) < 4.78 is 0. The Bertz CT molecular complexity index is 39.2. The van der Waals surface area contributed by atoms with Crippen LogP contribution in [0.2, 0.25) is 0 Å². The van der Waals surface area contributed by atoms with Crippen LogP contribution in [0.25, 0.3) is 0 Å². The molecule has 0 heterocycles. The molecule has 0 N–H and O–H groups in total. The van der Waals surface area contributed by atoms with Crippen molar-refractivity contribution >= 4 is 11.6 Å². The van der Waals surface area contributed by atoms with Crippen LogP contribution in [-0.4, -0.2) is 0 Å². The van der Waals surface area contributed by atoms with Crippen LogP contribution in [0.15, 0.2) is 11.6 Å². The molecule has 1 radical (unpaired) electrons. The molecule has 0 aliphatic carbocycles. The van der Waals surface area contributed by atoms with E-state index in [1.807, 2.05) is 12.5 Å². The van der Waals surface area contributed by atoms with Crippen molar-refractivity contribution in [3.05, 3.63) is 18.0 Å². The van der Waals surface area contributed by atoms with Gasteiger partial charge in [-0.25, -0.2) is 0 Å². The Morgan fingerprint density at radius 2 is 2.33 bits per heavy atom. The Hall–Kier alpha value is 0.0300. The van der Waals surface area contributed by atoms with Crippen molar-refractivity contribution in [3.8, 4) is 0 Å². The molecule has 0 aliphatic rings. The molecule has 0 aromatic heterocycles. The summed E-state index contributed by atoms with van der Waals surface area (Å²) in [6, 6.07) is 0. The highest BCUT2D eigenvalue weighted by atomic mass is 35.5. The molecule has 6 heavy (non-hydrogen) atoms. The molecule has 0 unspecified atom stereocenters. The van der Waals surface area contributed by atoms with Gasteiger partial charge < -0.3 is 0 Å². The van der Waals surface area contributed by atoms with Gasteiger partial charge >= 0.3 is 0 Å². The van der Waals surface area contributed by atoms with Gasteiger partial charge in [0.2, 0.25) is 0 Å². The molecule has 0 bridgehead atoms. The van der Waals surface area contributed by atoms with E-state index in [4.69, 9.17) is 11.6 Å². The van der Waals surface area contributed by atoms with Crippen LogP contribution in [0, 0.1) is 6.42 Å². The average Bonchev–Trinajstić information content (AvgIpc) is 1.61. The number of halogens is 1. The maximum Gasteiger partial charge on any atom is 0.000546 e. The van der Waals surface area contributed by atoms with E-state index in [9.17, 15) is 0 Å². The molecule has 0 aliphatic heterocycles. The van der Waals surface area contributed by atoms with Gasteiger partial charge in [0, 0.05) is 5.54 Å². The lowest BCUT2D eigenvalue weighted by Crippen LogP contribution is -1.56. The van der Waals surface area contributed by atoms with Crippen molar-refractivity contribution in [3.63, 3.8) is 0 Å². The standard InChI is InChI=1S/C5H8Cl/c1-2-3-4-5-6/h3-5H,2H2,1H3/b5-4+. The average molecular weight is 104 g/mol. The van der Waals surface area contributed by atoms with E-state index in [1.54, 1.807) is 0 Å². The molecule has 0 aromatic rings. The fourth-order valence-corrected chi connectivity index (χ4v) is 0.290. The monoisotopic (exact) mass is 103 g/mol. The van der Waals surface area contributed by atoms with Gasteiger partial charge in [0.25, 0.3) is 0 Å². The van der Waals surface area contributed by atoms with Gasteiger partial charge in [-0.1, -0.05) is 24.6 Å². The Morgan fingerprint density at radius 1 is 1.67 bits per heavy atom. The van der Waals surface area contributed by atoms with Crippen LogP contribution in [0.5, 0.6) is 0 Å². The maximum atomic E-state index is 5.17. The first kappa shape index (κ1) is 6.03. The quantitative estimate of drug-likeness (QED) is 0.503. The lowest BCUT2D eigenvalue weighted by molar-refractivity contribution is 1.15. The molecule has 0 fully saturated rings. The van der Waals surface area contributed by atoms with Gasteiger partial charge in [-0.05, 0) is 12.8 Å². The minimum absolute atomic E-state index is 1.06. The van der Waals surface area contributed by atoms with Gasteiger partial charge in [0.15, 0.2) is 0 Å². The molecule has 0 saturated heterocycles. The summed E-state index contributed by atoms with van der Waals surface area (Å²) in [5, 5.41) is 0. The molecular weight excluding hydrogens is 95.5 g/mol. The number of rotatable bonds is 2. The van der Waals surface area contributed by atoms with E-state index in [-0.39, 0.29) is 0 Å². The fourth-order valence-electron chi connectivity index (χ4n) is 0.188. The van der Waals surface area contributed by atoms with Crippen LogP contribution in [0.4, 0.5) is 0 Å². The van der Waals surface area contributed by atoms with E-state index in [1.165, 1.54) is 5.54 Å². The van der Waals surface area contributed by atoms with E-state index < -0.39 is 0 Å². The van der Waals surface area contributed by atoms with Crippen LogP contribution in [0.3, 0.4) is 0 Å². The second kappa shape index (κ2) is 5.03. The van der Waals surface area contributed by atoms with Crippen molar-refractivity contribution in [1.82, 2.24) is 0 Å². The van der Waals surface area contributed by atoms with E-state index >= 15 is 0 Å². The first-order chi connectivity index (χ1) is 2.91. The molecular formula is C5H8Cl. The minimum Gasteiger partial charge on any atom is -0.0933 e. The normalized spacial score (nSPS) is 10.3. The topological polar surface area (TPSA) is 0 Å². The summed E-state index contributed by atoms with van der Waals surface area (Å²) in [7, 11) is 0. The van der Waals surface area contributed by atoms with Crippen LogP contribution in [-0.2, 0) is 0 Å². The first-order valence-electron chi connectivity index (χ1n) is 2.00. The number of unbranched alkanes of at least 4 members (excludes halogenated alkanes) is 1. The van der Waals surface area contributed by atoms with E-state index in [0.717, 1.165) is 6.42 Å². The smallest absolute Gasteiger partial charge is 0.000546 e. The molecule has 1 heteroatoms. The predicted octanol–water partition coefficient (Wildman–Crippen LogP) is 2.35. The zero-order chi connectivity index (χ0) is 4.83. The first-order valence-corrected chi connectivity index (χ1v) is 2.44. The van der Waals surface area contributed by atoms with Crippen LogP contribution >= 0.6 is 11.6 Å². The molecule has 35 valence electrons. The predicted molar refractivity (Wildman–Crippen MR) is 29.6 cm³/mol. The Kier molecular flexibility index (Phi) is 5.06. The van der Waals surface area contributed by atoms with E-state index in [2.05, 4.69) is 6.92 Å². The van der Waals surface area contributed by atoms with E-state index in [0.29, 0.717) is 0 Å². The van der Waals surface area contributed by atoms with Gasteiger partial charge in [0.1, 0.15) is 0 Å². The van der Waals surface area contributed by atoms with Crippen molar-refractivity contribution < 1.29 is 0 Å². The third kappa shape index (κ3) is 4.03. The Morgan fingerprint density at radius 3 is 2.50 bits per heavy atom. The number of hydrogen-bond acceptors (Lipinski definition) is 0. The summed E-state index contributed by atoms with van der Waals surface area (Å²) in [6.45, 7) is 2.07. The van der Waals surface area contributed by atoms with Crippen molar-refractivity contribution in [2.24, 2.45) is 0 Å². The molecule has 0 saturated carbocycles. The molecule has 0 aromatic carbocycles.